The highest BCUT2D eigenvalue weighted by atomic mass is 35.7. The summed E-state index contributed by atoms with van der Waals surface area (Å²) in [7, 11) is 1.28. The molecule has 0 aliphatic rings. The van der Waals surface area contributed by atoms with Gasteiger partial charge in [-0.2, -0.15) is 15.6 Å². The number of hydrogen-bond donors (Lipinski definition) is 1. The van der Waals surface area contributed by atoms with Crippen LogP contribution in [0.1, 0.15) is 0 Å². The van der Waals surface area contributed by atoms with Gasteiger partial charge < -0.3 is 0 Å². The minimum atomic E-state index is -3.92. The maximum atomic E-state index is 11.2. The topological polar surface area (TPSA) is 106 Å². The summed E-state index contributed by atoms with van der Waals surface area (Å²) >= 11 is 0. The molecule has 0 aromatic heterocycles. The quantitative estimate of drug-likeness (QED) is 0.507. The zero-order valence-corrected chi connectivity index (χ0v) is 9.83. The molecule has 86 valence electrons. The predicted molar refractivity (Wildman–Crippen MR) is 61.8 cm³/mol. The average Bonchev–Trinajstić information content (AvgIpc) is 2.29. The fourth-order valence-electron chi connectivity index (χ4n) is 0.963. The molecule has 0 spiro atoms. The molecule has 0 amide bonds. The molecule has 0 atom stereocenters. The second kappa shape index (κ2) is 5.30. The van der Waals surface area contributed by atoms with Crippen LogP contribution in [0, 0.1) is 22.7 Å². The number of nitriles is 2. The number of rotatable bonds is 3. The lowest BCUT2D eigenvalue weighted by Gasteiger charge is -2.04. The Labute approximate surface area is 102 Å². The number of benzene rings is 1. The number of nitrogens with one attached hydrogen (secondary N) is 1. The molecule has 8 heteroatoms. The standard InChI is InChI=1S/C9H5ClN4O2S/c10-17(15,16)9-4-2-1-3-8(9)14-13-7(5-11)6-12/h1-4,14H. The Morgan fingerprint density at radius 2 is 1.88 bits per heavy atom. The summed E-state index contributed by atoms with van der Waals surface area (Å²) in [6.07, 6.45) is 0. The van der Waals surface area contributed by atoms with Crippen LogP contribution in [0.5, 0.6) is 0 Å². The van der Waals surface area contributed by atoms with Crippen LogP contribution in [0.15, 0.2) is 34.3 Å². The molecule has 6 nitrogen and oxygen atoms in total. The molecule has 0 saturated carbocycles. The summed E-state index contributed by atoms with van der Waals surface area (Å²) in [6, 6.07) is 8.78. The van der Waals surface area contributed by atoms with Crippen molar-refractivity contribution >= 4 is 31.1 Å². The number of halogens is 1. The molecule has 1 aromatic rings. The Balaban J connectivity index is 3.15. The lowest BCUT2D eigenvalue weighted by Crippen LogP contribution is -2.01. The van der Waals surface area contributed by atoms with Gasteiger partial charge in [-0.25, -0.2) is 8.42 Å². The molecular weight excluding hydrogens is 264 g/mol. The van der Waals surface area contributed by atoms with Crippen molar-refractivity contribution in [2.45, 2.75) is 4.90 Å². The fourth-order valence-corrected chi connectivity index (χ4v) is 1.98. The minimum Gasteiger partial charge on any atom is -0.275 e. The fraction of sp³-hybridized carbons (Fsp3) is 0. The second-order valence-electron chi connectivity index (χ2n) is 2.73. The third-order valence-corrected chi connectivity index (χ3v) is 3.03. The van der Waals surface area contributed by atoms with Gasteiger partial charge in [0.2, 0.25) is 5.71 Å². The van der Waals surface area contributed by atoms with Crippen molar-refractivity contribution in [1.82, 2.24) is 0 Å². The van der Waals surface area contributed by atoms with Crippen molar-refractivity contribution in [3.05, 3.63) is 24.3 Å². The molecule has 0 unspecified atom stereocenters. The van der Waals surface area contributed by atoms with Crippen molar-refractivity contribution in [3.63, 3.8) is 0 Å². The highest BCUT2D eigenvalue weighted by Crippen LogP contribution is 2.24. The Bertz CT molecular complexity index is 624. The van der Waals surface area contributed by atoms with E-state index in [4.69, 9.17) is 21.2 Å². The molecule has 0 aliphatic carbocycles. The summed E-state index contributed by atoms with van der Waals surface area (Å²) in [5, 5.41) is 20.3. The van der Waals surface area contributed by atoms with Gasteiger partial charge in [-0.05, 0) is 12.1 Å². The molecule has 0 heterocycles. The molecule has 1 aromatic carbocycles. The van der Waals surface area contributed by atoms with Gasteiger partial charge in [-0.15, -0.1) is 0 Å². The van der Waals surface area contributed by atoms with E-state index in [1.54, 1.807) is 6.07 Å². The third-order valence-electron chi connectivity index (χ3n) is 1.65. The van der Waals surface area contributed by atoms with Gasteiger partial charge in [-0.1, -0.05) is 12.1 Å². The van der Waals surface area contributed by atoms with E-state index >= 15 is 0 Å². The molecule has 1 N–H and O–H groups in total. The number of para-hydroxylation sites is 1. The van der Waals surface area contributed by atoms with Crippen LogP contribution < -0.4 is 5.43 Å². The molecule has 0 aliphatic heterocycles. The molecule has 0 saturated heterocycles. The van der Waals surface area contributed by atoms with Crippen molar-refractivity contribution < 1.29 is 8.42 Å². The first-order valence-electron chi connectivity index (χ1n) is 4.16. The van der Waals surface area contributed by atoms with Gasteiger partial charge in [0.15, 0.2) is 0 Å². The first-order chi connectivity index (χ1) is 7.99. The van der Waals surface area contributed by atoms with Crippen LogP contribution in [-0.2, 0) is 9.05 Å². The zero-order chi connectivity index (χ0) is 12.9. The molecule has 0 bridgehead atoms. The number of hydrogen-bond acceptors (Lipinski definition) is 6. The summed E-state index contributed by atoms with van der Waals surface area (Å²) in [4.78, 5) is -0.180. The van der Waals surface area contributed by atoms with Gasteiger partial charge in [-0.3, -0.25) is 5.43 Å². The van der Waals surface area contributed by atoms with E-state index in [9.17, 15) is 8.42 Å². The summed E-state index contributed by atoms with van der Waals surface area (Å²) in [5.74, 6) is 0. The van der Waals surface area contributed by atoms with Crippen LogP contribution in [0.3, 0.4) is 0 Å². The van der Waals surface area contributed by atoms with E-state index < -0.39 is 14.8 Å². The second-order valence-corrected chi connectivity index (χ2v) is 5.26. The van der Waals surface area contributed by atoms with Gasteiger partial charge in [0, 0.05) is 10.7 Å². The zero-order valence-electron chi connectivity index (χ0n) is 8.25. The van der Waals surface area contributed by atoms with Gasteiger partial charge in [0.1, 0.15) is 17.0 Å². The van der Waals surface area contributed by atoms with E-state index in [1.165, 1.54) is 30.3 Å². The van der Waals surface area contributed by atoms with Crippen molar-refractivity contribution in [1.29, 1.82) is 10.5 Å². The van der Waals surface area contributed by atoms with Gasteiger partial charge in [0.05, 0.1) is 5.69 Å². The van der Waals surface area contributed by atoms with Crippen molar-refractivity contribution in [2.24, 2.45) is 5.10 Å². The van der Waals surface area contributed by atoms with Crippen molar-refractivity contribution in [3.8, 4) is 12.1 Å². The van der Waals surface area contributed by atoms with Crippen LogP contribution in [0.25, 0.3) is 0 Å². The van der Waals surface area contributed by atoms with E-state index in [1.807, 2.05) is 0 Å². The highest BCUT2D eigenvalue weighted by molar-refractivity contribution is 8.13. The van der Waals surface area contributed by atoms with Gasteiger partial charge >= 0.3 is 0 Å². The normalized spacial score (nSPS) is 9.82. The Hall–Kier alpha value is -2.09. The molecule has 0 fully saturated rings. The summed E-state index contributed by atoms with van der Waals surface area (Å²) in [5.41, 5.74) is 1.97. The highest BCUT2D eigenvalue weighted by Gasteiger charge is 2.14. The van der Waals surface area contributed by atoms with Crippen LogP contribution in [0.2, 0.25) is 0 Å². The van der Waals surface area contributed by atoms with Crippen molar-refractivity contribution in [2.75, 3.05) is 5.43 Å². The van der Waals surface area contributed by atoms with Crippen LogP contribution in [0.4, 0.5) is 5.69 Å². The van der Waals surface area contributed by atoms with E-state index in [0.717, 1.165) is 0 Å². The maximum absolute atomic E-state index is 11.2. The SMILES string of the molecule is N#CC(C#N)=NNc1ccccc1S(=O)(=O)Cl. The van der Waals surface area contributed by atoms with E-state index in [-0.39, 0.29) is 10.6 Å². The molecule has 0 radical (unpaired) electrons. The summed E-state index contributed by atoms with van der Waals surface area (Å²) in [6.45, 7) is 0. The Morgan fingerprint density at radius 3 is 2.41 bits per heavy atom. The lowest BCUT2D eigenvalue weighted by atomic mass is 10.3. The molecule has 1 rings (SSSR count). The Kier molecular flexibility index (Phi) is 4.05. The first-order valence-corrected chi connectivity index (χ1v) is 6.47. The molecule has 17 heavy (non-hydrogen) atoms. The third kappa shape index (κ3) is 3.45. The Morgan fingerprint density at radius 1 is 1.29 bits per heavy atom. The number of nitrogens with zero attached hydrogens (tertiary/aromatic N) is 3. The number of hydrazone groups is 1. The van der Waals surface area contributed by atoms with E-state index in [2.05, 4.69) is 10.5 Å². The molecular formula is C9H5ClN4O2S. The lowest BCUT2D eigenvalue weighted by molar-refractivity contribution is 0.610. The minimum absolute atomic E-state index is 0.0884. The number of anilines is 1. The monoisotopic (exact) mass is 268 g/mol. The maximum Gasteiger partial charge on any atom is 0.263 e. The summed E-state index contributed by atoms with van der Waals surface area (Å²) < 4.78 is 22.4. The largest absolute Gasteiger partial charge is 0.275 e. The average molecular weight is 269 g/mol. The van der Waals surface area contributed by atoms with Crippen LogP contribution in [-0.4, -0.2) is 14.1 Å². The van der Waals surface area contributed by atoms with E-state index in [0.29, 0.717) is 0 Å². The van der Waals surface area contributed by atoms with Crippen LogP contribution >= 0.6 is 10.7 Å². The predicted octanol–water partition coefficient (Wildman–Crippen LogP) is 1.43. The first kappa shape index (κ1) is 13.0. The smallest absolute Gasteiger partial charge is 0.263 e. The van der Waals surface area contributed by atoms with Gasteiger partial charge in [0.25, 0.3) is 9.05 Å².